The van der Waals surface area contributed by atoms with Gasteiger partial charge in [0.05, 0.1) is 4.92 Å². The van der Waals surface area contributed by atoms with Crippen molar-refractivity contribution >= 4 is 5.69 Å². The summed E-state index contributed by atoms with van der Waals surface area (Å²) in [4.78, 5) is 10.4. The predicted octanol–water partition coefficient (Wildman–Crippen LogP) is 3.90. The fraction of sp³-hybridized carbons (Fsp3) is 0.250. The normalized spacial score (nSPS) is 10.9. The Morgan fingerprint density at radius 1 is 1.24 bits per heavy atom. The first-order valence-corrected chi connectivity index (χ1v) is 6.74. The van der Waals surface area contributed by atoms with Gasteiger partial charge in [-0.1, -0.05) is 32.0 Å². The van der Waals surface area contributed by atoms with Crippen molar-refractivity contribution in [3.05, 3.63) is 64.0 Å². The van der Waals surface area contributed by atoms with Crippen molar-refractivity contribution in [3.63, 3.8) is 0 Å². The van der Waals surface area contributed by atoms with Gasteiger partial charge < -0.3 is 5.32 Å². The lowest BCUT2D eigenvalue weighted by atomic mass is 9.99. The van der Waals surface area contributed by atoms with E-state index in [1.165, 1.54) is 24.3 Å². The van der Waals surface area contributed by atoms with Gasteiger partial charge in [0.2, 0.25) is 0 Å². The van der Waals surface area contributed by atoms with E-state index in [1.807, 2.05) is 13.8 Å². The van der Waals surface area contributed by atoms with Crippen LogP contribution in [0.4, 0.5) is 10.1 Å². The molecule has 0 spiro atoms. The molecule has 110 valence electrons. The third-order valence-corrected chi connectivity index (χ3v) is 3.14. The third kappa shape index (κ3) is 3.86. The molecule has 0 amide bonds. The van der Waals surface area contributed by atoms with Crippen LogP contribution in [-0.4, -0.2) is 11.0 Å². The molecule has 2 rings (SSSR count). The average molecular weight is 288 g/mol. The van der Waals surface area contributed by atoms with Crippen molar-refractivity contribution in [2.24, 2.45) is 0 Å². The number of rotatable bonds is 5. The molecule has 0 bridgehead atoms. The molecule has 0 radical (unpaired) electrons. The lowest BCUT2D eigenvalue weighted by Crippen LogP contribution is -2.22. The summed E-state index contributed by atoms with van der Waals surface area (Å²) in [7, 11) is 0. The minimum absolute atomic E-state index is 0.000435. The number of hydrogen-bond acceptors (Lipinski definition) is 3. The highest BCUT2D eigenvalue weighted by Crippen LogP contribution is 2.28. The fourth-order valence-electron chi connectivity index (χ4n) is 2.07. The van der Waals surface area contributed by atoms with Gasteiger partial charge in [0, 0.05) is 24.7 Å². The van der Waals surface area contributed by atoms with Crippen molar-refractivity contribution in [2.75, 3.05) is 0 Å². The van der Waals surface area contributed by atoms with Crippen molar-refractivity contribution in [3.8, 4) is 11.1 Å². The molecule has 2 aromatic carbocycles. The van der Waals surface area contributed by atoms with Gasteiger partial charge in [-0.05, 0) is 28.8 Å². The summed E-state index contributed by atoms with van der Waals surface area (Å²) in [6, 6.07) is 11.1. The van der Waals surface area contributed by atoms with Gasteiger partial charge in [-0.15, -0.1) is 0 Å². The van der Waals surface area contributed by atoms with Gasteiger partial charge >= 0.3 is 0 Å². The molecule has 0 unspecified atom stereocenters. The highest BCUT2D eigenvalue weighted by atomic mass is 19.1. The Kier molecular flexibility index (Phi) is 4.65. The van der Waals surface area contributed by atoms with E-state index in [1.54, 1.807) is 18.2 Å². The van der Waals surface area contributed by atoms with Crippen LogP contribution in [0.3, 0.4) is 0 Å². The molecule has 0 aromatic heterocycles. The number of nitrogens with one attached hydrogen (secondary N) is 1. The summed E-state index contributed by atoms with van der Waals surface area (Å²) in [5, 5.41) is 14.1. The standard InChI is InChI=1S/C16H17FN2O2/c1-11(2)18-10-13-6-7-14(17)9-16(13)12-4-3-5-15(8-12)19(20)21/h3-9,11,18H,10H2,1-2H3. The molecule has 1 N–H and O–H groups in total. The molecular weight excluding hydrogens is 271 g/mol. The van der Waals surface area contributed by atoms with Gasteiger partial charge in [-0.3, -0.25) is 10.1 Å². The molecule has 0 heterocycles. The van der Waals surface area contributed by atoms with E-state index in [2.05, 4.69) is 5.32 Å². The van der Waals surface area contributed by atoms with Crippen LogP contribution < -0.4 is 5.32 Å². The Labute approximate surface area is 122 Å². The van der Waals surface area contributed by atoms with Gasteiger partial charge in [0.25, 0.3) is 5.69 Å². The monoisotopic (exact) mass is 288 g/mol. The van der Waals surface area contributed by atoms with Crippen LogP contribution >= 0.6 is 0 Å². The van der Waals surface area contributed by atoms with Crippen LogP contribution in [0.5, 0.6) is 0 Å². The zero-order chi connectivity index (χ0) is 15.4. The first-order valence-electron chi connectivity index (χ1n) is 6.74. The van der Waals surface area contributed by atoms with E-state index in [0.29, 0.717) is 23.7 Å². The molecule has 0 fully saturated rings. The van der Waals surface area contributed by atoms with E-state index < -0.39 is 4.92 Å². The predicted molar refractivity (Wildman–Crippen MR) is 80.5 cm³/mol. The Bertz CT molecular complexity index is 656. The highest BCUT2D eigenvalue weighted by molar-refractivity contribution is 5.69. The maximum Gasteiger partial charge on any atom is 0.270 e. The summed E-state index contributed by atoms with van der Waals surface area (Å²) >= 11 is 0. The van der Waals surface area contributed by atoms with Crippen LogP contribution in [0.15, 0.2) is 42.5 Å². The van der Waals surface area contributed by atoms with Crippen molar-refractivity contribution in [1.29, 1.82) is 0 Å². The quantitative estimate of drug-likeness (QED) is 0.670. The maximum atomic E-state index is 13.5. The van der Waals surface area contributed by atoms with Crippen LogP contribution in [0.2, 0.25) is 0 Å². The summed E-state index contributed by atoms with van der Waals surface area (Å²) < 4.78 is 13.5. The second kappa shape index (κ2) is 6.45. The van der Waals surface area contributed by atoms with Gasteiger partial charge in [-0.2, -0.15) is 0 Å². The molecule has 4 nitrogen and oxygen atoms in total. The van der Waals surface area contributed by atoms with E-state index in [4.69, 9.17) is 0 Å². The van der Waals surface area contributed by atoms with Gasteiger partial charge in [-0.25, -0.2) is 4.39 Å². The fourth-order valence-corrected chi connectivity index (χ4v) is 2.07. The molecule has 0 saturated carbocycles. The smallest absolute Gasteiger partial charge is 0.270 e. The Morgan fingerprint density at radius 2 is 2.00 bits per heavy atom. The first-order chi connectivity index (χ1) is 9.97. The summed E-state index contributed by atoms with van der Waals surface area (Å²) in [6.07, 6.45) is 0. The average Bonchev–Trinajstić information content (AvgIpc) is 2.46. The second-order valence-corrected chi connectivity index (χ2v) is 5.14. The minimum Gasteiger partial charge on any atom is -0.310 e. The molecular formula is C16H17FN2O2. The lowest BCUT2D eigenvalue weighted by Gasteiger charge is -2.13. The number of non-ortho nitro benzene ring substituents is 1. The highest BCUT2D eigenvalue weighted by Gasteiger charge is 2.11. The largest absolute Gasteiger partial charge is 0.310 e. The summed E-state index contributed by atoms with van der Waals surface area (Å²) in [5.74, 6) is -0.357. The van der Waals surface area contributed by atoms with Crippen LogP contribution in [-0.2, 0) is 6.54 Å². The number of halogens is 1. The molecule has 2 aromatic rings. The third-order valence-electron chi connectivity index (χ3n) is 3.14. The zero-order valence-corrected chi connectivity index (χ0v) is 12.0. The van der Waals surface area contributed by atoms with Crippen LogP contribution in [0.25, 0.3) is 11.1 Å². The van der Waals surface area contributed by atoms with Crippen molar-refractivity contribution in [1.82, 2.24) is 5.32 Å². The van der Waals surface area contributed by atoms with Crippen LogP contribution in [0.1, 0.15) is 19.4 Å². The van der Waals surface area contributed by atoms with E-state index in [0.717, 1.165) is 5.56 Å². The second-order valence-electron chi connectivity index (χ2n) is 5.14. The SMILES string of the molecule is CC(C)NCc1ccc(F)cc1-c1cccc([N+](=O)[O-])c1. The molecule has 0 saturated heterocycles. The lowest BCUT2D eigenvalue weighted by molar-refractivity contribution is -0.384. The van der Waals surface area contributed by atoms with Gasteiger partial charge in [0.1, 0.15) is 5.82 Å². The number of nitrogens with zero attached hydrogens (tertiary/aromatic N) is 1. The van der Waals surface area contributed by atoms with E-state index in [9.17, 15) is 14.5 Å². The summed E-state index contributed by atoms with van der Waals surface area (Å²) in [5.41, 5.74) is 2.22. The summed E-state index contributed by atoms with van der Waals surface area (Å²) in [6.45, 7) is 4.63. The van der Waals surface area contributed by atoms with Crippen molar-refractivity contribution in [2.45, 2.75) is 26.4 Å². The van der Waals surface area contributed by atoms with E-state index in [-0.39, 0.29) is 11.5 Å². The molecule has 0 aliphatic heterocycles. The molecule has 21 heavy (non-hydrogen) atoms. The number of nitro groups is 1. The number of nitro benzene ring substituents is 1. The number of benzene rings is 2. The first kappa shape index (κ1) is 15.1. The molecule has 0 atom stereocenters. The zero-order valence-electron chi connectivity index (χ0n) is 12.0. The van der Waals surface area contributed by atoms with Crippen LogP contribution in [0, 0.1) is 15.9 Å². The Hall–Kier alpha value is -2.27. The molecule has 0 aliphatic rings. The topological polar surface area (TPSA) is 55.2 Å². The molecule has 5 heteroatoms. The maximum absolute atomic E-state index is 13.5. The Balaban J connectivity index is 2.43. The van der Waals surface area contributed by atoms with E-state index >= 15 is 0 Å². The van der Waals surface area contributed by atoms with Crippen molar-refractivity contribution < 1.29 is 9.31 Å². The minimum atomic E-state index is -0.450. The Morgan fingerprint density at radius 3 is 2.67 bits per heavy atom. The number of hydrogen-bond donors (Lipinski definition) is 1. The molecule has 0 aliphatic carbocycles. The van der Waals surface area contributed by atoms with Gasteiger partial charge in [0.15, 0.2) is 0 Å².